The van der Waals surface area contributed by atoms with E-state index in [2.05, 4.69) is 33.0 Å². The van der Waals surface area contributed by atoms with Gasteiger partial charge < -0.3 is 5.32 Å². The van der Waals surface area contributed by atoms with Gasteiger partial charge in [-0.15, -0.1) is 0 Å². The first-order valence-electron chi connectivity index (χ1n) is 6.96. The summed E-state index contributed by atoms with van der Waals surface area (Å²) in [7, 11) is 0. The van der Waals surface area contributed by atoms with Crippen LogP contribution in [-0.2, 0) is 0 Å². The predicted octanol–water partition coefficient (Wildman–Crippen LogP) is 3.39. The zero-order chi connectivity index (χ0) is 16.2. The average molecular weight is 296 g/mol. The van der Waals surface area contributed by atoms with E-state index in [-0.39, 0.29) is 17.2 Å². The van der Waals surface area contributed by atoms with Crippen LogP contribution in [0.15, 0.2) is 18.2 Å². The van der Waals surface area contributed by atoms with E-state index in [1.807, 2.05) is 0 Å². The number of nitro benzene ring substituents is 1. The molecule has 0 aliphatic heterocycles. The molecule has 21 heavy (non-hydrogen) atoms. The maximum absolute atomic E-state index is 13.2. The van der Waals surface area contributed by atoms with Gasteiger partial charge in [0.05, 0.1) is 4.92 Å². The molecule has 0 saturated carbocycles. The molecule has 1 aromatic carbocycles. The lowest BCUT2D eigenvalue weighted by Gasteiger charge is -2.25. The van der Waals surface area contributed by atoms with Gasteiger partial charge in [0.2, 0.25) is 0 Å². The summed E-state index contributed by atoms with van der Waals surface area (Å²) in [6.07, 6.45) is 0. The van der Waals surface area contributed by atoms with E-state index >= 15 is 0 Å². The number of halogens is 1. The van der Waals surface area contributed by atoms with Crippen molar-refractivity contribution in [1.82, 2.24) is 5.32 Å². The van der Waals surface area contributed by atoms with Gasteiger partial charge in [-0.3, -0.25) is 14.9 Å². The minimum absolute atomic E-state index is 0.244. The molecule has 0 unspecified atom stereocenters. The number of benzene rings is 1. The van der Waals surface area contributed by atoms with Crippen molar-refractivity contribution < 1.29 is 14.1 Å². The van der Waals surface area contributed by atoms with Crippen molar-refractivity contribution in [3.63, 3.8) is 0 Å². The SMILES string of the molecule is CC(C)C(CNC(=O)c1cc(F)ccc1[N+](=O)[O-])C(C)C. The van der Waals surface area contributed by atoms with E-state index in [0.717, 1.165) is 18.2 Å². The molecule has 0 atom stereocenters. The van der Waals surface area contributed by atoms with Crippen LogP contribution in [0.4, 0.5) is 10.1 Å². The van der Waals surface area contributed by atoms with Crippen molar-refractivity contribution in [3.8, 4) is 0 Å². The van der Waals surface area contributed by atoms with E-state index in [1.165, 1.54) is 0 Å². The lowest BCUT2D eigenvalue weighted by molar-refractivity contribution is -0.385. The Morgan fingerprint density at radius 1 is 1.29 bits per heavy atom. The molecule has 1 amide bonds. The number of hydrogen-bond donors (Lipinski definition) is 1. The number of carbonyl (C=O) groups excluding carboxylic acids is 1. The molecule has 0 spiro atoms. The molecule has 1 N–H and O–H groups in total. The predicted molar refractivity (Wildman–Crippen MR) is 78.6 cm³/mol. The quantitative estimate of drug-likeness (QED) is 0.646. The first-order valence-corrected chi connectivity index (χ1v) is 6.96. The molecule has 0 aliphatic carbocycles. The van der Waals surface area contributed by atoms with E-state index in [4.69, 9.17) is 0 Å². The maximum Gasteiger partial charge on any atom is 0.282 e. The molecule has 116 valence electrons. The van der Waals surface area contributed by atoms with Gasteiger partial charge in [0, 0.05) is 12.6 Å². The lowest BCUT2D eigenvalue weighted by Crippen LogP contribution is -2.34. The van der Waals surface area contributed by atoms with Gasteiger partial charge in [-0.1, -0.05) is 27.7 Å². The van der Waals surface area contributed by atoms with Gasteiger partial charge in [0.25, 0.3) is 11.6 Å². The Morgan fingerprint density at radius 3 is 2.33 bits per heavy atom. The molecular formula is C15H21FN2O3. The smallest absolute Gasteiger partial charge is 0.282 e. The van der Waals surface area contributed by atoms with Crippen molar-refractivity contribution >= 4 is 11.6 Å². The Balaban J connectivity index is 2.89. The van der Waals surface area contributed by atoms with Crippen LogP contribution >= 0.6 is 0 Å². The highest BCUT2D eigenvalue weighted by Crippen LogP contribution is 2.22. The van der Waals surface area contributed by atoms with E-state index in [1.54, 1.807) is 0 Å². The average Bonchev–Trinajstić information content (AvgIpc) is 2.37. The van der Waals surface area contributed by atoms with Crippen LogP contribution in [0.5, 0.6) is 0 Å². The Bertz CT molecular complexity index is 522. The minimum Gasteiger partial charge on any atom is -0.352 e. The van der Waals surface area contributed by atoms with Crippen LogP contribution in [0.1, 0.15) is 38.1 Å². The topological polar surface area (TPSA) is 72.2 Å². The van der Waals surface area contributed by atoms with Gasteiger partial charge >= 0.3 is 0 Å². The second-order valence-electron chi connectivity index (χ2n) is 5.78. The standard InChI is InChI=1S/C15H21FN2O3/c1-9(2)13(10(3)4)8-17-15(19)12-7-11(16)5-6-14(12)18(20)21/h5-7,9-10,13H,8H2,1-4H3,(H,17,19). The molecule has 5 nitrogen and oxygen atoms in total. The number of nitrogens with one attached hydrogen (secondary N) is 1. The molecule has 0 saturated heterocycles. The summed E-state index contributed by atoms with van der Waals surface area (Å²) in [5, 5.41) is 13.6. The third-order valence-corrected chi connectivity index (χ3v) is 3.61. The molecule has 0 fully saturated rings. The summed E-state index contributed by atoms with van der Waals surface area (Å²) < 4.78 is 13.2. The first kappa shape index (κ1) is 17.1. The summed E-state index contributed by atoms with van der Waals surface area (Å²) >= 11 is 0. The zero-order valence-electron chi connectivity index (χ0n) is 12.7. The molecular weight excluding hydrogens is 275 g/mol. The number of hydrogen-bond acceptors (Lipinski definition) is 3. The van der Waals surface area contributed by atoms with Crippen molar-refractivity contribution in [2.24, 2.45) is 17.8 Å². The number of carbonyl (C=O) groups is 1. The monoisotopic (exact) mass is 296 g/mol. The van der Waals surface area contributed by atoms with Crippen molar-refractivity contribution in [1.29, 1.82) is 0 Å². The summed E-state index contributed by atoms with van der Waals surface area (Å²) in [6, 6.07) is 2.87. The first-order chi connectivity index (χ1) is 9.73. The maximum atomic E-state index is 13.2. The van der Waals surface area contributed by atoms with E-state index in [9.17, 15) is 19.3 Å². The van der Waals surface area contributed by atoms with Gasteiger partial charge in [0.15, 0.2) is 0 Å². The summed E-state index contributed by atoms with van der Waals surface area (Å²) in [4.78, 5) is 22.3. The fourth-order valence-corrected chi connectivity index (χ4v) is 2.40. The third kappa shape index (κ3) is 4.51. The van der Waals surface area contributed by atoms with Crippen molar-refractivity contribution in [3.05, 3.63) is 39.7 Å². The molecule has 1 rings (SSSR count). The van der Waals surface area contributed by atoms with Gasteiger partial charge in [-0.2, -0.15) is 0 Å². The van der Waals surface area contributed by atoms with Gasteiger partial charge in [-0.25, -0.2) is 4.39 Å². The Morgan fingerprint density at radius 2 is 1.86 bits per heavy atom. The van der Waals surface area contributed by atoms with Gasteiger partial charge in [-0.05, 0) is 29.9 Å². The van der Waals surface area contributed by atoms with Crippen LogP contribution < -0.4 is 5.32 Å². The number of amides is 1. The fraction of sp³-hybridized carbons (Fsp3) is 0.533. The number of nitrogens with zero attached hydrogens (tertiary/aromatic N) is 1. The third-order valence-electron chi connectivity index (χ3n) is 3.61. The largest absolute Gasteiger partial charge is 0.352 e. The zero-order valence-corrected chi connectivity index (χ0v) is 12.7. The molecule has 0 heterocycles. The fourth-order valence-electron chi connectivity index (χ4n) is 2.40. The molecule has 0 aromatic heterocycles. The summed E-state index contributed by atoms with van der Waals surface area (Å²) in [5.74, 6) is -0.301. The Kier molecular flexibility index (Phi) is 5.81. The highest BCUT2D eigenvalue weighted by Gasteiger charge is 2.23. The minimum atomic E-state index is -0.684. The normalized spacial score (nSPS) is 11.2. The van der Waals surface area contributed by atoms with E-state index < -0.39 is 16.6 Å². The second-order valence-corrected chi connectivity index (χ2v) is 5.78. The highest BCUT2D eigenvalue weighted by molar-refractivity contribution is 5.98. The molecule has 6 heteroatoms. The Labute approximate surface area is 123 Å². The molecule has 0 bridgehead atoms. The van der Waals surface area contributed by atoms with Crippen LogP contribution in [-0.4, -0.2) is 17.4 Å². The van der Waals surface area contributed by atoms with Crippen molar-refractivity contribution in [2.45, 2.75) is 27.7 Å². The van der Waals surface area contributed by atoms with Crippen LogP contribution in [0.3, 0.4) is 0 Å². The van der Waals surface area contributed by atoms with Crippen LogP contribution in [0.2, 0.25) is 0 Å². The summed E-state index contributed by atoms with van der Waals surface area (Å²) in [5.41, 5.74) is -0.634. The number of nitro groups is 1. The van der Waals surface area contributed by atoms with Crippen LogP contribution in [0, 0.1) is 33.7 Å². The van der Waals surface area contributed by atoms with E-state index in [0.29, 0.717) is 18.4 Å². The van der Waals surface area contributed by atoms with Crippen LogP contribution in [0.25, 0.3) is 0 Å². The molecule has 0 aliphatic rings. The Hall–Kier alpha value is -1.98. The molecule has 1 aromatic rings. The van der Waals surface area contributed by atoms with Gasteiger partial charge in [0.1, 0.15) is 11.4 Å². The van der Waals surface area contributed by atoms with Crippen molar-refractivity contribution in [2.75, 3.05) is 6.54 Å². The lowest BCUT2D eigenvalue weighted by atomic mass is 9.85. The second kappa shape index (κ2) is 7.15. The summed E-state index contributed by atoms with van der Waals surface area (Å²) in [6.45, 7) is 8.63. The highest BCUT2D eigenvalue weighted by atomic mass is 19.1. The molecule has 0 radical (unpaired) electrons. The number of rotatable bonds is 6.